The van der Waals surface area contributed by atoms with Gasteiger partial charge < -0.3 is 19.3 Å². The first-order valence-electron chi connectivity index (χ1n) is 9.96. The fourth-order valence-corrected chi connectivity index (χ4v) is 4.73. The molecule has 4 aliphatic rings. The normalized spacial score (nSPS) is 25.9. The molecule has 3 aliphatic heterocycles. The van der Waals surface area contributed by atoms with Gasteiger partial charge in [-0.15, -0.1) is 0 Å². The van der Waals surface area contributed by atoms with Crippen LogP contribution >= 0.6 is 0 Å². The number of nitrogens with zero attached hydrogens (tertiary/aromatic N) is 2. The van der Waals surface area contributed by atoms with Gasteiger partial charge in [0.25, 0.3) is 0 Å². The van der Waals surface area contributed by atoms with Crippen molar-refractivity contribution in [1.82, 2.24) is 10.2 Å². The highest BCUT2D eigenvalue weighted by molar-refractivity contribution is 5.97. The molecule has 1 aromatic carbocycles. The maximum atomic E-state index is 15.0. The summed E-state index contributed by atoms with van der Waals surface area (Å²) in [5, 5.41) is 2.37. The highest BCUT2D eigenvalue weighted by Crippen LogP contribution is 2.52. The minimum absolute atomic E-state index is 0.253. The van der Waals surface area contributed by atoms with Gasteiger partial charge in [-0.1, -0.05) is 6.07 Å². The van der Waals surface area contributed by atoms with Gasteiger partial charge in [-0.3, -0.25) is 10.1 Å². The Kier molecular flexibility index (Phi) is 4.10. The van der Waals surface area contributed by atoms with Gasteiger partial charge in [0.2, 0.25) is 5.91 Å². The summed E-state index contributed by atoms with van der Waals surface area (Å²) in [5.41, 5.74) is 0.890. The highest BCUT2D eigenvalue weighted by atomic mass is 19.1. The number of imide groups is 1. The van der Waals surface area contributed by atoms with E-state index in [1.807, 2.05) is 17.0 Å². The predicted molar refractivity (Wildman–Crippen MR) is 98.3 cm³/mol. The molecule has 0 unspecified atom stereocenters. The third kappa shape index (κ3) is 2.86. The zero-order chi connectivity index (χ0) is 19.4. The van der Waals surface area contributed by atoms with Crippen molar-refractivity contribution in [3.05, 3.63) is 29.6 Å². The van der Waals surface area contributed by atoms with Gasteiger partial charge >= 0.3 is 6.03 Å². The maximum Gasteiger partial charge on any atom is 0.324 e. The third-order valence-electron chi connectivity index (χ3n) is 6.46. The molecule has 0 aromatic heterocycles. The number of urea groups is 1. The first kappa shape index (κ1) is 17.9. The van der Waals surface area contributed by atoms with E-state index in [1.165, 1.54) is 0 Å². The van der Waals surface area contributed by atoms with Gasteiger partial charge in [-0.25, -0.2) is 9.18 Å². The summed E-state index contributed by atoms with van der Waals surface area (Å²) < 4.78 is 26.5. The van der Waals surface area contributed by atoms with Crippen LogP contribution in [0.5, 0.6) is 0 Å². The Labute approximate surface area is 162 Å². The molecule has 8 heteroatoms. The van der Waals surface area contributed by atoms with E-state index in [0.29, 0.717) is 38.5 Å². The number of ether oxygens (including phenoxy) is 2. The molecule has 3 saturated heterocycles. The number of hydrogen-bond donors (Lipinski definition) is 1. The van der Waals surface area contributed by atoms with Crippen molar-refractivity contribution in [1.29, 1.82) is 0 Å². The van der Waals surface area contributed by atoms with Crippen LogP contribution in [0.15, 0.2) is 18.2 Å². The second-order valence-electron chi connectivity index (χ2n) is 8.05. The summed E-state index contributed by atoms with van der Waals surface area (Å²) in [5.74, 6) is -1.01. The number of halogens is 1. The standard InChI is InChI=1S/C20H24FN3O4/c21-15-13-14(19(4-5-19)24-8-3-17(25)22-18(24)26)1-2-16(15)23-9-6-20(7-10-23)27-11-12-28-20/h1-2,13H,3-12H2,(H,22,25,26). The molecule has 150 valence electrons. The molecule has 1 spiro atoms. The van der Waals surface area contributed by atoms with Gasteiger partial charge in [0.1, 0.15) is 5.82 Å². The Morgan fingerprint density at radius 2 is 1.71 bits per heavy atom. The van der Waals surface area contributed by atoms with Crippen molar-refractivity contribution in [2.24, 2.45) is 0 Å². The molecule has 0 radical (unpaired) electrons. The molecular formula is C20H24FN3O4. The number of carbonyl (C=O) groups is 2. The van der Waals surface area contributed by atoms with Crippen LogP contribution in [0.25, 0.3) is 0 Å². The van der Waals surface area contributed by atoms with Gasteiger partial charge in [-0.05, 0) is 30.5 Å². The largest absolute Gasteiger partial charge is 0.369 e. The minimum Gasteiger partial charge on any atom is -0.369 e. The number of amides is 3. The SMILES string of the molecule is O=C1CCN(C2(c3ccc(N4CCC5(CC4)OCCO5)c(F)c3)CC2)C(=O)N1. The Morgan fingerprint density at radius 3 is 2.32 bits per heavy atom. The number of nitrogens with one attached hydrogen (secondary N) is 1. The van der Waals surface area contributed by atoms with E-state index in [2.05, 4.69) is 5.32 Å². The van der Waals surface area contributed by atoms with Crippen molar-refractivity contribution in [2.75, 3.05) is 37.7 Å². The van der Waals surface area contributed by atoms with E-state index in [9.17, 15) is 9.59 Å². The molecule has 0 atom stereocenters. The summed E-state index contributed by atoms with van der Waals surface area (Å²) in [4.78, 5) is 27.4. The number of carbonyl (C=O) groups excluding carboxylic acids is 2. The summed E-state index contributed by atoms with van der Waals surface area (Å²) >= 11 is 0. The van der Waals surface area contributed by atoms with Gasteiger partial charge in [0, 0.05) is 38.9 Å². The lowest BCUT2D eigenvalue weighted by atomic mass is 9.99. The lowest BCUT2D eigenvalue weighted by molar-refractivity contribution is -0.169. The first-order chi connectivity index (χ1) is 13.5. The minimum atomic E-state index is -0.484. The molecule has 4 fully saturated rings. The molecule has 1 aromatic rings. The monoisotopic (exact) mass is 389 g/mol. The summed E-state index contributed by atoms with van der Waals surface area (Å²) in [6, 6.07) is 4.91. The van der Waals surface area contributed by atoms with Crippen LogP contribution in [-0.2, 0) is 19.8 Å². The Hall–Kier alpha value is -2.19. The number of hydrogen-bond acceptors (Lipinski definition) is 5. The molecule has 7 nitrogen and oxygen atoms in total. The molecule has 28 heavy (non-hydrogen) atoms. The van der Waals surface area contributed by atoms with E-state index in [0.717, 1.165) is 31.2 Å². The van der Waals surface area contributed by atoms with Crippen molar-refractivity contribution in [3.8, 4) is 0 Å². The van der Waals surface area contributed by atoms with Crippen LogP contribution in [0.1, 0.15) is 37.7 Å². The lowest BCUT2D eigenvalue weighted by Crippen LogP contribution is -2.53. The van der Waals surface area contributed by atoms with E-state index < -0.39 is 11.3 Å². The fraction of sp³-hybridized carbons (Fsp3) is 0.600. The van der Waals surface area contributed by atoms with Gasteiger partial charge in [0.15, 0.2) is 5.79 Å². The van der Waals surface area contributed by atoms with Crippen LogP contribution in [0.4, 0.5) is 14.9 Å². The fourth-order valence-electron chi connectivity index (χ4n) is 4.73. The summed E-state index contributed by atoms with van der Waals surface area (Å²) in [6.45, 7) is 2.99. The van der Waals surface area contributed by atoms with E-state index in [-0.39, 0.29) is 24.2 Å². The molecule has 3 amide bonds. The number of piperidine rings is 1. The highest BCUT2D eigenvalue weighted by Gasteiger charge is 2.53. The quantitative estimate of drug-likeness (QED) is 0.857. The Morgan fingerprint density at radius 1 is 1.00 bits per heavy atom. The molecule has 3 heterocycles. The van der Waals surface area contributed by atoms with E-state index in [1.54, 1.807) is 11.0 Å². The predicted octanol–water partition coefficient (Wildman–Crippen LogP) is 2.10. The molecule has 1 saturated carbocycles. The lowest BCUT2D eigenvalue weighted by Gasteiger charge is -2.39. The second kappa shape index (κ2) is 6.42. The van der Waals surface area contributed by atoms with Crippen LogP contribution in [-0.4, -0.2) is 55.5 Å². The average Bonchev–Trinajstić information content (AvgIpc) is 3.36. The van der Waals surface area contributed by atoms with Gasteiger partial charge in [0.05, 0.1) is 24.4 Å². The van der Waals surface area contributed by atoms with Crippen LogP contribution in [0.3, 0.4) is 0 Å². The Bertz CT molecular complexity index is 810. The molecule has 1 N–H and O–H groups in total. The zero-order valence-corrected chi connectivity index (χ0v) is 15.7. The van der Waals surface area contributed by atoms with Gasteiger partial charge in [-0.2, -0.15) is 0 Å². The van der Waals surface area contributed by atoms with Crippen LogP contribution in [0, 0.1) is 5.82 Å². The van der Waals surface area contributed by atoms with Crippen molar-refractivity contribution in [2.45, 2.75) is 43.4 Å². The molecule has 1 aliphatic carbocycles. The smallest absolute Gasteiger partial charge is 0.324 e. The third-order valence-corrected chi connectivity index (χ3v) is 6.46. The molecular weight excluding hydrogens is 365 g/mol. The second-order valence-corrected chi connectivity index (χ2v) is 8.05. The van der Waals surface area contributed by atoms with Crippen LogP contribution in [0.2, 0.25) is 0 Å². The topological polar surface area (TPSA) is 71.1 Å². The molecule has 0 bridgehead atoms. The van der Waals surface area contributed by atoms with Crippen molar-refractivity contribution < 1.29 is 23.5 Å². The zero-order valence-electron chi connectivity index (χ0n) is 15.7. The number of anilines is 1. The molecule has 5 rings (SSSR count). The Balaban J connectivity index is 1.33. The maximum absolute atomic E-state index is 15.0. The van der Waals surface area contributed by atoms with E-state index >= 15 is 4.39 Å². The summed E-state index contributed by atoms with van der Waals surface area (Å²) in [7, 11) is 0. The average molecular weight is 389 g/mol. The van der Waals surface area contributed by atoms with E-state index in [4.69, 9.17) is 9.47 Å². The first-order valence-corrected chi connectivity index (χ1v) is 9.96. The number of benzene rings is 1. The van der Waals surface area contributed by atoms with Crippen LogP contribution < -0.4 is 10.2 Å². The van der Waals surface area contributed by atoms with Crippen molar-refractivity contribution in [3.63, 3.8) is 0 Å². The number of rotatable bonds is 3. The summed E-state index contributed by atoms with van der Waals surface area (Å²) in [6.07, 6.45) is 3.30. The van der Waals surface area contributed by atoms with Crippen molar-refractivity contribution >= 4 is 17.6 Å².